The van der Waals surface area contributed by atoms with Crippen LogP contribution in [-0.4, -0.2) is 10.9 Å². The molecule has 3 nitrogen and oxygen atoms in total. The fourth-order valence-corrected chi connectivity index (χ4v) is 2.01. The van der Waals surface area contributed by atoms with Crippen LogP contribution in [0.1, 0.15) is 15.9 Å². The van der Waals surface area contributed by atoms with E-state index in [0.29, 0.717) is 6.07 Å². The standard InChI is InChI=1S/C13H6Cl2F4N2O/c14-10-2-1-7(4-9(10)13(17,18)19)21-12(22)8-3-6(16)5-20-11(8)15/h1-5H,(H,21,22). The highest BCUT2D eigenvalue weighted by Crippen LogP contribution is 2.36. The molecule has 0 aliphatic heterocycles. The number of hydrogen-bond donors (Lipinski definition) is 1. The molecule has 1 aromatic carbocycles. The Morgan fingerprint density at radius 1 is 1.18 bits per heavy atom. The van der Waals surface area contributed by atoms with Crippen LogP contribution in [0.5, 0.6) is 0 Å². The Labute approximate surface area is 131 Å². The molecule has 0 spiro atoms. The van der Waals surface area contributed by atoms with Crippen LogP contribution in [0.25, 0.3) is 0 Å². The second-order valence-corrected chi connectivity index (χ2v) is 4.90. The lowest BCUT2D eigenvalue weighted by molar-refractivity contribution is -0.137. The van der Waals surface area contributed by atoms with E-state index < -0.39 is 28.5 Å². The van der Waals surface area contributed by atoms with Crippen molar-refractivity contribution in [2.45, 2.75) is 6.18 Å². The average molecular weight is 353 g/mol. The minimum absolute atomic E-state index is 0.165. The first-order valence-corrected chi connectivity index (χ1v) is 6.43. The zero-order valence-electron chi connectivity index (χ0n) is 10.5. The Hall–Kier alpha value is -1.86. The molecule has 0 aliphatic carbocycles. The highest BCUT2D eigenvalue weighted by Gasteiger charge is 2.33. The predicted octanol–water partition coefficient (Wildman–Crippen LogP) is 4.80. The Bertz CT molecular complexity index is 734. The van der Waals surface area contributed by atoms with E-state index in [4.69, 9.17) is 23.2 Å². The molecule has 1 heterocycles. The first-order valence-electron chi connectivity index (χ1n) is 5.67. The number of carbonyl (C=O) groups is 1. The maximum Gasteiger partial charge on any atom is 0.417 e. The number of aromatic nitrogens is 1. The first kappa shape index (κ1) is 16.5. The SMILES string of the molecule is O=C(Nc1ccc(Cl)c(C(F)(F)F)c1)c1cc(F)cnc1Cl. The van der Waals surface area contributed by atoms with E-state index in [1.807, 2.05) is 0 Å². The van der Waals surface area contributed by atoms with Gasteiger partial charge in [0.15, 0.2) is 0 Å². The van der Waals surface area contributed by atoms with Gasteiger partial charge in [-0.1, -0.05) is 23.2 Å². The minimum Gasteiger partial charge on any atom is -0.322 e. The number of anilines is 1. The Kier molecular flexibility index (Phi) is 4.58. The summed E-state index contributed by atoms with van der Waals surface area (Å²) in [6, 6.07) is 3.66. The summed E-state index contributed by atoms with van der Waals surface area (Å²) >= 11 is 11.1. The molecule has 0 radical (unpaired) electrons. The molecule has 1 amide bonds. The molecule has 116 valence electrons. The van der Waals surface area contributed by atoms with Gasteiger partial charge in [-0.25, -0.2) is 9.37 Å². The summed E-state index contributed by atoms with van der Waals surface area (Å²) in [6.07, 6.45) is -3.86. The minimum atomic E-state index is -4.67. The van der Waals surface area contributed by atoms with E-state index in [-0.39, 0.29) is 16.4 Å². The number of rotatable bonds is 2. The van der Waals surface area contributed by atoms with Gasteiger partial charge >= 0.3 is 6.18 Å². The van der Waals surface area contributed by atoms with Gasteiger partial charge in [0, 0.05) is 5.69 Å². The van der Waals surface area contributed by atoms with Gasteiger partial charge in [-0.3, -0.25) is 4.79 Å². The lowest BCUT2D eigenvalue weighted by Crippen LogP contribution is -2.14. The lowest BCUT2D eigenvalue weighted by atomic mass is 10.2. The van der Waals surface area contributed by atoms with Gasteiger partial charge in [0.1, 0.15) is 11.0 Å². The number of alkyl halides is 3. The van der Waals surface area contributed by atoms with Crippen LogP contribution in [0.15, 0.2) is 30.5 Å². The van der Waals surface area contributed by atoms with Gasteiger partial charge in [-0.2, -0.15) is 13.2 Å². The van der Waals surface area contributed by atoms with Crippen molar-refractivity contribution in [1.29, 1.82) is 0 Å². The zero-order chi connectivity index (χ0) is 16.5. The highest BCUT2D eigenvalue weighted by atomic mass is 35.5. The maximum atomic E-state index is 13.1. The van der Waals surface area contributed by atoms with Crippen LogP contribution < -0.4 is 5.32 Å². The van der Waals surface area contributed by atoms with Gasteiger partial charge in [0.2, 0.25) is 0 Å². The normalized spacial score (nSPS) is 11.4. The zero-order valence-corrected chi connectivity index (χ0v) is 12.0. The van der Waals surface area contributed by atoms with Gasteiger partial charge in [0.05, 0.1) is 22.3 Å². The third-order valence-electron chi connectivity index (χ3n) is 2.58. The van der Waals surface area contributed by atoms with Crippen molar-refractivity contribution >= 4 is 34.8 Å². The third kappa shape index (κ3) is 3.66. The van der Waals surface area contributed by atoms with Crippen LogP contribution in [-0.2, 0) is 6.18 Å². The fourth-order valence-electron chi connectivity index (χ4n) is 1.60. The number of carbonyl (C=O) groups excluding carboxylic acids is 1. The van der Waals surface area contributed by atoms with E-state index in [1.54, 1.807) is 0 Å². The van der Waals surface area contributed by atoms with E-state index >= 15 is 0 Å². The predicted molar refractivity (Wildman–Crippen MR) is 73.6 cm³/mol. The molecule has 0 unspecified atom stereocenters. The van der Waals surface area contributed by atoms with E-state index in [2.05, 4.69) is 10.3 Å². The molecule has 0 atom stereocenters. The monoisotopic (exact) mass is 352 g/mol. The number of nitrogens with one attached hydrogen (secondary N) is 1. The summed E-state index contributed by atoms with van der Waals surface area (Å²) in [5.74, 6) is -1.70. The summed E-state index contributed by atoms with van der Waals surface area (Å²) in [6.45, 7) is 0. The molecule has 1 aromatic heterocycles. The van der Waals surface area contributed by atoms with Crippen LogP contribution in [0, 0.1) is 5.82 Å². The molecule has 0 saturated carbocycles. The summed E-state index contributed by atoms with van der Waals surface area (Å²) in [5.41, 5.74) is -1.57. The Balaban J connectivity index is 2.31. The molecule has 0 fully saturated rings. The molecular weight excluding hydrogens is 347 g/mol. The average Bonchev–Trinajstić information content (AvgIpc) is 2.42. The quantitative estimate of drug-likeness (QED) is 0.623. The second kappa shape index (κ2) is 6.10. The number of halogens is 6. The van der Waals surface area contributed by atoms with E-state index in [1.165, 1.54) is 6.07 Å². The van der Waals surface area contributed by atoms with Gasteiger partial charge in [-0.15, -0.1) is 0 Å². The first-order chi connectivity index (χ1) is 10.2. The number of benzene rings is 1. The molecular formula is C13H6Cl2F4N2O. The maximum absolute atomic E-state index is 13.1. The van der Waals surface area contributed by atoms with Crippen LogP contribution >= 0.6 is 23.2 Å². The Morgan fingerprint density at radius 2 is 1.86 bits per heavy atom. The number of nitrogens with zero attached hydrogens (tertiary/aromatic N) is 1. The van der Waals surface area contributed by atoms with Crippen molar-refractivity contribution in [3.8, 4) is 0 Å². The Morgan fingerprint density at radius 3 is 2.50 bits per heavy atom. The van der Waals surface area contributed by atoms with Gasteiger partial charge < -0.3 is 5.32 Å². The summed E-state index contributed by atoms with van der Waals surface area (Å²) in [4.78, 5) is 15.4. The molecule has 1 N–H and O–H groups in total. The van der Waals surface area contributed by atoms with Crippen LogP contribution in [0.4, 0.5) is 23.2 Å². The molecule has 0 aliphatic rings. The topological polar surface area (TPSA) is 42.0 Å². The van der Waals surface area contributed by atoms with Gasteiger partial charge in [-0.05, 0) is 24.3 Å². The summed E-state index contributed by atoms with van der Waals surface area (Å²) in [5, 5.41) is 1.40. The van der Waals surface area contributed by atoms with Crippen LogP contribution in [0.3, 0.4) is 0 Å². The highest BCUT2D eigenvalue weighted by molar-refractivity contribution is 6.33. The molecule has 0 bridgehead atoms. The lowest BCUT2D eigenvalue weighted by Gasteiger charge is -2.12. The van der Waals surface area contributed by atoms with E-state index in [0.717, 1.165) is 18.3 Å². The molecule has 2 rings (SSSR count). The van der Waals surface area contributed by atoms with Crippen molar-refractivity contribution < 1.29 is 22.4 Å². The van der Waals surface area contributed by atoms with E-state index in [9.17, 15) is 22.4 Å². The molecule has 22 heavy (non-hydrogen) atoms. The van der Waals surface area contributed by atoms with Crippen molar-refractivity contribution in [2.75, 3.05) is 5.32 Å². The number of hydrogen-bond acceptors (Lipinski definition) is 2. The molecule has 9 heteroatoms. The van der Waals surface area contributed by atoms with Gasteiger partial charge in [0.25, 0.3) is 5.91 Å². The number of pyridine rings is 1. The van der Waals surface area contributed by atoms with Crippen molar-refractivity contribution in [1.82, 2.24) is 4.98 Å². The van der Waals surface area contributed by atoms with Crippen molar-refractivity contribution in [3.05, 3.63) is 57.6 Å². The summed E-state index contributed by atoms with van der Waals surface area (Å²) in [7, 11) is 0. The number of amides is 1. The fraction of sp³-hybridized carbons (Fsp3) is 0.0769. The van der Waals surface area contributed by atoms with Crippen molar-refractivity contribution in [3.63, 3.8) is 0 Å². The third-order valence-corrected chi connectivity index (χ3v) is 3.21. The molecule has 2 aromatic rings. The molecule has 0 saturated heterocycles. The van der Waals surface area contributed by atoms with Crippen LogP contribution in [0.2, 0.25) is 10.2 Å². The summed E-state index contributed by atoms with van der Waals surface area (Å²) < 4.78 is 51.2. The smallest absolute Gasteiger partial charge is 0.322 e. The largest absolute Gasteiger partial charge is 0.417 e. The van der Waals surface area contributed by atoms with Crippen molar-refractivity contribution in [2.24, 2.45) is 0 Å². The second-order valence-electron chi connectivity index (χ2n) is 4.14.